The number of benzene rings is 10. The molecular formula is C56H37NO. The molecule has 0 aliphatic rings. The van der Waals surface area contributed by atoms with E-state index in [1.165, 1.54) is 10.8 Å². The fourth-order valence-electron chi connectivity index (χ4n) is 8.16. The highest BCUT2D eigenvalue weighted by Crippen LogP contribution is 2.45. The topological polar surface area (TPSA) is 16.4 Å². The minimum absolute atomic E-state index is 0.114. The van der Waals surface area contributed by atoms with E-state index in [1.807, 2.05) is 114 Å². The summed E-state index contributed by atoms with van der Waals surface area (Å²) >= 11 is 0. The van der Waals surface area contributed by atoms with Gasteiger partial charge in [-0.1, -0.05) is 176 Å². The van der Waals surface area contributed by atoms with Crippen LogP contribution in [0.15, 0.2) is 229 Å². The Labute approximate surface area is 343 Å². The maximum Gasteiger partial charge on any atom is 0.143 e. The van der Waals surface area contributed by atoms with Crippen molar-refractivity contribution in [1.29, 1.82) is 0 Å². The summed E-state index contributed by atoms with van der Waals surface area (Å²) in [6.07, 6.45) is 0. The minimum Gasteiger partial charge on any atom is -0.455 e. The predicted octanol–water partition coefficient (Wildman–Crippen LogP) is 16.0. The van der Waals surface area contributed by atoms with Gasteiger partial charge in [0.1, 0.15) is 11.2 Å². The molecule has 0 spiro atoms. The predicted molar refractivity (Wildman–Crippen MR) is 245 cm³/mol. The SMILES string of the molecule is [2H]c1c([2H])c(N(c2ccc(-c3ccc(-c4ccc5ccccc5c4)cc3)cc2)c2cccc3oc4c5ccccc5ccc4c23)c([2H])c([2H])c1-c1ccc(-c2ccccc2)cc1. The molecule has 1 aromatic heterocycles. The highest BCUT2D eigenvalue weighted by Gasteiger charge is 2.20. The van der Waals surface area contributed by atoms with E-state index < -0.39 is 0 Å². The van der Waals surface area contributed by atoms with Gasteiger partial charge in [0.05, 0.1) is 16.6 Å². The molecule has 0 radical (unpaired) electrons. The van der Waals surface area contributed by atoms with Gasteiger partial charge in [0, 0.05) is 22.1 Å². The number of anilines is 3. The number of rotatable bonds is 7. The summed E-state index contributed by atoms with van der Waals surface area (Å²) in [4.78, 5) is 1.86. The van der Waals surface area contributed by atoms with Crippen molar-refractivity contribution in [2.75, 3.05) is 4.90 Å². The van der Waals surface area contributed by atoms with Gasteiger partial charge in [-0.25, -0.2) is 0 Å². The van der Waals surface area contributed by atoms with Gasteiger partial charge in [0.2, 0.25) is 0 Å². The van der Waals surface area contributed by atoms with Crippen LogP contribution in [0.1, 0.15) is 5.48 Å². The van der Waals surface area contributed by atoms with E-state index in [0.29, 0.717) is 22.5 Å². The molecule has 2 nitrogen and oxygen atoms in total. The molecule has 0 atom stereocenters. The Morgan fingerprint density at radius 3 is 1.59 bits per heavy atom. The molecule has 0 saturated carbocycles. The van der Waals surface area contributed by atoms with Crippen molar-refractivity contribution in [1.82, 2.24) is 0 Å². The normalized spacial score (nSPS) is 12.4. The Hall–Kier alpha value is -7.68. The molecular weight excluding hydrogens is 703 g/mol. The second-order valence-corrected chi connectivity index (χ2v) is 14.6. The van der Waals surface area contributed by atoms with E-state index in [9.17, 15) is 5.48 Å². The minimum atomic E-state index is -0.142. The van der Waals surface area contributed by atoms with E-state index in [4.69, 9.17) is 4.42 Å². The van der Waals surface area contributed by atoms with Gasteiger partial charge in [0.25, 0.3) is 0 Å². The lowest BCUT2D eigenvalue weighted by Crippen LogP contribution is -2.10. The summed E-state index contributed by atoms with van der Waals surface area (Å²) in [5.41, 5.74) is 10.2. The van der Waals surface area contributed by atoms with Crippen LogP contribution < -0.4 is 4.90 Å². The molecule has 10 aromatic carbocycles. The lowest BCUT2D eigenvalue weighted by molar-refractivity contribution is 0.672. The molecule has 0 fully saturated rings. The second-order valence-electron chi connectivity index (χ2n) is 14.6. The van der Waals surface area contributed by atoms with Crippen LogP contribution in [-0.2, 0) is 0 Å². The maximum atomic E-state index is 9.63. The molecule has 11 aromatic rings. The van der Waals surface area contributed by atoms with Crippen molar-refractivity contribution in [2.24, 2.45) is 0 Å². The van der Waals surface area contributed by atoms with Crippen LogP contribution in [0, 0.1) is 0 Å². The first-order valence-corrected chi connectivity index (χ1v) is 19.5. The standard InChI is InChI=1S/C56H37NO/c1-2-9-38(10-3-1)40-17-19-41(20-18-40)43-27-32-49(33-28-43)57(53-15-8-16-54-55(53)52-36-31-46-12-6-7-14-51(46)56(52)58-54)50-34-29-44(30-35-50)42-21-23-45(24-22-42)48-26-25-39-11-4-5-13-47(39)37-48/h1-37H/i27D,28D,32D,33D. The summed E-state index contributed by atoms with van der Waals surface area (Å²) in [5.74, 6) is 0. The summed E-state index contributed by atoms with van der Waals surface area (Å²) in [5, 5.41) is 6.18. The van der Waals surface area contributed by atoms with E-state index in [0.717, 1.165) is 60.5 Å². The summed E-state index contributed by atoms with van der Waals surface area (Å²) in [7, 11) is 0. The molecule has 58 heavy (non-hydrogen) atoms. The first-order valence-electron chi connectivity index (χ1n) is 21.5. The molecule has 0 saturated heterocycles. The smallest absolute Gasteiger partial charge is 0.143 e. The highest BCUT2D eigenvalue weighted by atomic mass is 16.3. The van der Waals surface area contributed by atoms with Gasteiger partial charge in [0.15, 0.2) is 0 Å². The monoisotopic (exact) mass is 743 g/mol. The van der Waals surface area contributed by atoms with E-state index in [-0.39, 0.29) is 35.4 Å². The Bertz CT molecular complexity index is 3460. The van der Waals surface area contributed by atoms with Crippen molar-refractivity contribution >= 4 is 60.5 Å². The van der Waals surface area contributed by atoms with Gasteiger partial charge in [-0.05, 0) is 109 Å². The third kappa shape index (κ3) is 6.00. The molecule has 0 N–H and O–H groups in total. The lowest BCUT2D eigenvalue weighted by atomic mass is 9.98. The Morgan fingerprint density at radius 2 is 0.879 bits per heavy atom. The van der Waals surface area contributed by atoms with Gasteiger partial charge >= 0.3 is 0 Å². The van der Waals surface area contributed by atoms with Gasteiger partial charge in [-0.3, -0.25) is 0 Å². The number of hydrogen-bond acceptors (Lipinski definition) is 2. The molecule has 11 rings (SSSR count). The van der Waals surface area contributed by atoms with Crippen LogP contribution >= 0.6 is 0 Å². The van der Waals surface area contributed by atoms with E-state index >= 15 is 0 Å². The largest absolute Gasteiger partial charge is 0.455 e. The Morgan fingerprint density at radius 1 is 0.345 bits per heavy atom. The fraction of sp³-hybridized carbons (Fsp3) is 0. The average molecular weight is 744 g/mol. The van der Waals surface area contributed by atoms with Crippen molar-refractivity contribution < 1.29 is 9.90 Å². The van der Waals surface area contributed by atoms with Crippen molar-refractivity contribution in [3.8, 4) is 44.5 Å². The highest BCUT2D eigenvalue weighted by molar-refractivity contribution is 6.19. The average Bonchev–Trinajstić information content (AvgIpc) is 3.73. The maximum absolute atomic E-state index is 9.63. The Balaban J connectivity index is 1.05. The van der Waals surface area contributed by atoms with Gasteiger partial charge < -0.3 is 9.32 Å². The van der Waals surface area contributed by atoms with Crippen LogP contribution in [0.4, 0.5) is 17.1 Å². The van der Waals surface area contributed by atoms with Gasteiger partial charge in [-0.2, -0.15) is 0 Å². The molecule has 0 bridgehead atoms. The van der Waals surface area contributed by atoms with Crippen LogP contribution in [0.3, 0.4) is 0 Å². The van der Waals surface area contributed by atoms with Crippen molar-refractivity contribution in [3.05, 3.63) is 224 Å². The van der Waals surface area contributed by atoms with Crippen LogP contribution in [-0.4, -0.2) is 0 Å². The first kappa shape index (κ1) is 29.6. The van der Waals surface area contributed by atoms with E-state index in [2.05, 4.69) is 91.0 Å². The molecule has 0 amide bonds. The zero-order valence-electron chi connectivity index (χ0n) is 35.4. The molecule has 272 valence electrons. The summed E-state index contributed by atoms with van der Waals surface area (Å²) in [6, 6.07) is 66.9. The molecule has 1 heterocycles. The molecule has 0 aliphatic carbocycles. The number of hydrogen-bond donors (Lipinski definition) is 0. The second kappa shape index (κ2) is 14.1. The summed E-state index contributed by atoms with van der Waals surface area (Å²) in [6.45, 7) is 0. The number of fused-ring (bicyclic) bond motifs is 6. The van der Waals surface area contributed by atoms with Crippen LogP contribution in [0.5, 0.6) is 0 Å². The zero-order chi connectivity index (χ0) is 41.9. The number of nitrogens with zero attached hydrogens (tertiary/aromatic N) is 1. The third-order valence-corrected chi connectivity index (χ3v) is 11.1. The van der Waals surface area contributed by atoms with Crippen LogP contribution in [0.25, 0.3) is 88.0 Å². The quantitative estimate of drug-likeness (QED) is 0.162. The number of furan rings is 1. The Kier molecular flexibility index (Phi) is 7.20. The van der Waals surface area contributed by atoms with Gasteiger partial charge in [-0.15, -0.1) is 0 Å². The molecule has 2 heteroatoms. The third-order valence-electron chi connectivity index (χ3n) is 11.1. The fourth-order valence-corrected chi connectivity index (χ4v) is 8.16. The lowest BCUT2D eigenvalue weighted by Gasteiger charge is -2.26. The summed E-state index contributed by atoms with van der Waals surface area (Å²) < 4.78 is 44.7. The van der Waals surface area contributed by atoms with Crippen LogP contribution in [0.2, 0.25) is 0 Å². The zero-order valence-corrected chi connectivity index (χ0v) is 31.4. The van der Waals surface area contributed by atoms with E-state index in [1.54, 1.807) is 0 Å². The van der Waals surface area contributed by atoms with Crippen molar-refractivity contribution in [3.63, 3.8) is 0 Å². The molecule has 0 aliphatic heterocycles. The first-order chi connectivity index (χ1) is 30.4. The van der Waals surface area contributed by atoms with Crippen molar-refractivity contribution in [2.45, 2.75) is 0 Å². The molecule has 0 unspecified atom stereocenters.